The van der Waals surface area contributed by atoms with E-state index in [0.29, 0.717) is 12.6 Å². The first kappa shape index (κ1) is 17.1. The van der Waals surface area contributed by atoms with E-state index in [2.05, 4.69) is 46.5 Å². The average Bonchev–Trinajstić information content (AvgIpc) is 2.83. The zero-order chi connectivity index (χ0) is 16.7. The number of nitrogens with zero attached hydrogens (tertiary/aromatic N) is 4. The molecule has 23 heavy (non-hydrogen) atoms. The number of likely N-dealkylation sites (N-methyl/N-ethyl adjacent to an activating group) is 1. The topological polar surface area (TPSA) is 81.2 Å². The van der Waals surface area contributed by atoms with Crippen LogP contribution in [-0.2, 0) is 13.5 Å². The first-order chi connectivity index (χ1) is 11.0. The molecule has 0 amide bonds. The lowest BCUT2D eigenvalue weighted by Crippen LogP contribution is -2.15. The Morgan fingerprint density at radius 2 is 2.17 bits per heavy atom. The molecule has 126 valence electrons. The van der Waals surface area contributed by atoms with Crippen LogP contribution < -0.4 is 15.8 Å². The fourth-order valence-electron chi connectivity index (χ4n) is 2.16. The molecule has 0 aliphatic rings. The quantitative estimate of drug-likeness (QED) is 0.680. The number of anilines is 2. The lowest BCUT2D eigenvalue weighted by atomic mass is 10.1. The van der Waals surface area contributed by atoms with Crippen LogP contribution in [0, 0.1) is 0 Å². The van der Waals surface area contributed by atoms with E-state index < -0.39 is 0 Å². The normalized spacial score (nSPS) is 11.0. The van der Waals surface area contributed by atoms with Gasteiger partial charge in [0.15, 0.2) is 0 Å². The van der Waals surface area contributed by atoms with Crippen LogP contribution in [-0.4, -0.2) is 53.5 Å². The number of hydrogen-bond acceptors (Lipinski definition) is 6. The predicted molar refractivity (Wildman–Crippen MR) is 92.7 cm³/mol. The standard InChI is InChI=1S/C16H26N6O/c1-21(2)10-8-13-6-4-7-14(12-13)23-11-5-9-18-16-19-15(17)20-22(16)3/h4,6-7,12H,5,8-11H2,1-3H3,(H3,17,18,19,20). The average molecular weight is 318 g/mol. The molecule has 0 aliphatic carbocycles. The third-order valence-electron chi connectivity index (χ3n) is 3.40. The van der Waals surface area contributed by atoms with Crippen molar-refractivity contribution in [2.75, 3.05) is 44.8 Å². The van der Waals surface area contributed by atoms with Gasteiger partial charge in [-0.25, -0.2) is 4.68 Å². The number of hydrogen-bond donors (Lipinski definition) is 2. The summed E-state index contributed by atoms with van der Waals surface area (Å²) in [7, 11) is 5.97. The number of nitrogens with two attached hydrogens (primary N) is 1. The van der Waals surface area contributed by atoms with Crippen LogP contribution in [0.2, 0.25) is 0 Å². The molecule has 0 atom stereocenters. The van der Waals surface area contributed by atoms with Crippen molar-refractivity contribution in [2.24, 2.45) is 7.05 Å². The molecule has 1 heterocycles. The van der Waals surface area contributed by atoms with Crippen LogP contribution in [0.3, 0.4) is 0 Å². The van der Waals surface area contributed by atoms with Gasteiger partial charge in [-0.1, -0.05) is 12.1 Å². The van der Waals surface area contributed by atoms with Crippen LogP contribution >= 0.6 is 0 Å². The molecule has 0 bridgehead atoms. The Kier molecular flexibility index (Phi) is 6.22. The van der Waals surface area contributed by atoms with Crippen molar-refractivity contribution in [3.63, 3.8) is 0 Å². The lowest BCUT2D eigenvalue weighted by molar-refractivity contribution is 0.314. The van der Waals surface area contributed by atoms with Gasteiger partial charge < -0.3 is 20.7 Å². The predicted octanol–water partition coefficient (Wildman–Crippen LogP) is 1.38. The molecular formula is C16H26N6O. The summed E-state index contributed by atoms with van der Waals surface area (Å²) in [5.41, 5.74) is 6.83. The molecule has 0 saturated heterocycles. The summed E-state index contributed by atoms with van der Waals surface area (Å²) in [4.78, 5) is 6.26. The van der Waals surface area contributed by atoms with Gasteiger partial charge in [0.25, 0.3) is 0 Å². The highest BCUT2D eigenvalue weighted by atomic mass is 16.5. The molecule has 0 spiro atoms. The van der Waals surface area contributed by atoms with Gasteiger partial charge in [-0.3, -0.25) is 0 Å². The minimum atomic E-state index is 0.279. The van der Waals surface area contributed by atoms with E-state index in [1.165, 1.54) is 5.56 Å². The molecule has 0 fully saturated rings. The number of ether oxygens (including phenoxy) is 1. The van der Waals surface area contributed by atoms with Crippen LogP contribution in [0.4, 0.5) is 11.9 Å². The van der Waals surface area contributed by atoms with Crippen molar-refractivity contribution in [1.82, 2.24) is 19.7 Å². The Morgan fingerprint density at radius 3 is 2.87 bits per heavy atom. The summed E-state index contributed by atoms with van der Waals surface area (Å²) >= 11 is 0. The van der Waals surface area contributed by atoms with Crippen molar-refractivity contribution in [3.8, 4) is 5.75 Å². The van der Waals surface area contributed by atoms with Gasteiger partial charge in [-0.2, -0.15) is 4.98 Å². The molecule has 2 rings (SSSR count). The summed E-state index contributed by atoms with van der Waals surface area (Å²) in [6.45, 7) is 2.44. The van der Waals surface area contributed by atoms with E-state index in [1.54, 1.807) is 11.7 Å². The second-order valence-electron chi connectivity index (χ2n) is 5.75. The van der Waals surface area contributed by atoms with Gasteiger partial charge in [-0.15, -0.1) is 5.10 Å². The van der Waals surface area contributed by atoms with Crippen LogP contribution in [0.25, 0.3) is 0 Å². The van der Waals surface area contributed by atoms with Crippen LogP contribution in [0.5, 0.6) is 5.75 Å². The van der Waals surface area contributed by atoms with E-state index >= 15 is 0 Å². The third kappa shape index (κ3) is 5.78. The number of benzene rings is 1. The highest BCUT2D eigenvalue weighted by Crippen LogP contribution is 2.14. The second kappa shape index (κ2) is 8.38. The summed E-state index contributed by atoms with van der Waals surface area (Å²) in [6, 6.07) is 8.29. The Hall–Kier alpha value is -2.28. The number of rotatable bonds is 9. The van der Waals surface area contributed by atoms with Crippen molar-refractivity contribution in [3.05, 3.63) is 29.8 Å². The van der Waals surface area contributed by atoms with E-state index in [-0.39, 0.29) is 5.95 Å². The fraction of sp³-hybridized carbons (Fsp3) is 0.500. The van der Waals surface area contributed by atoms with Crippen molar-refractivity contribution < 1.29 is 4.74 Å². The molecule has 0 aliphatic heterocycles. The SMILES string of the molecule is CN(C)CCc1cccc(OCCCNc2nc(N)nn2C)c1. The van der Waals surface area contributed by atoms with Crippen molar-refractivity contribution >= 4 is 11.9 Å². The number of aryl methyl sites for hydroxylation is 1. The summed E-state index contributed by atoms with van der Waals surface area (Å²) in [5.74, 6) is 1.87. The van der Waals surface area contributed by atoms with E-state index in [0.717, 1.165) is 31.7 Å². The highest BCUT2D eigenvalue weighted by molar-refractivity contribution is 5.31. The van der Waals surface area contributed by atoms with E-state index in [1.807, 2.05) is 12.1 Å². The monoisotopic (exact) mass is 318 g/mol. The zero-order valence-electron chi connectivity index (χ0n) is 14.1. The maximum absolute atomic E-state index is 5.81. The largest absolute Gasteiger partial charge is 0.494 e. The van der Waals surface area contributed by atoms with Crippen molar-refractivity contribution in [2.45, 2.75) is 12.8 Å². The van der Waals surface area contributed by atoms with Gasteiger partial charge in [0.05, 0.1) is 6.61 Å². The van der Waals surface area contributed by atoms with Crippen LogP contribution in [0.1, 0.15) is 12.0 Å². The Balaban J connectivity index is 1.69. The molecule has 7 heteroatoms. The maximum atomic E-state index is 5.81. The molecular weight excluding hydrogens is 292 g/mol. The summed E-state index contributed by atoms with van der Waals surface area (Å²) < 4.78 is 7.44. The minimum Gasteiger partial charge on any atom is -0.494 e. The molecule has 0 saturated carbocycles. The molecule has 2 aromatic rings. The first-order valence-corrected chi connectivity index (χ1v) is 7.81. The molecule has 0 unspecified atom stereocenters. The van der Waals surface area contributed by atoms with Gasteiger partial charge in [0, 0.05) is 20.1 Å². The Bertz CT molecular complexity index is 610. The number of nitrogens with one attached hydrogen (secondary N) is 1. The fourth-order valence-corrected chi connectivity index (χ4v) is 2.16. The molecule has 1 aromatic carbocycles. The van der Waals surface area contributed by atoms with Gasteiger partial charge in [-0.05, 0) is 44.6 Å². The second-order valence-corrected chi connectivity index (χ2v) is 5.75. The minimum absolute atomic E-state index is 0.279. The summed E-state index contributed by atoms with van der Waals surface area (Å²) in [6.07, 6.45) is 1.90. The molecule has 1 aromatic heterocycles. The van der Waals surface area contributed by atoms with Crippen LogP contribution in [0.15, 0.2) is 24.3 Å². The van der Waals surface area contributed by atoms with E-state index in [9.17, 15) is 0 Å². The molecule has 3 N–H and O–H groups in total. The zero-order valence-corrected chi connectivity index (χ0v) is 14.1. The number of nitrogen functional groups attached to an aromatic ring is 1. The molecule has 0 radical (unpaired) electrons. The Morgan fingerprint density at radius 1 is 1.35 bits per heavy atom. The Labute approximate surface area is 137 Å². The van der Waals surface area contributed by atoms with Gasteiger partial charge >= 0.3 is 0 Å². The number of aromatic nitrogens is 3. The maximum Gasteiger partial charge on any atom is 0.241 e. The third-order valence-corrected chi connectivity index (χ3v) is 3.40. The van der Waals surface area contributed by atoms with Gasteiger partial charge in [0.1, 0.15) is 5.75 Å². The lowest BCUT2D eigenvalue weighted by Gasteiger charge is -2.11. The van der Waals surface area contributed by atoms with E-state index in [4.69, 9.17) is 10.5 Å². The smallest absolute Gasteiger partial charge is 0.241 e. The first-order valence-electron chi connectivity index (χ1n) is 7.81. The van der Waals surface area contributed by atoms with Crippen molar-refractivity contribution in [1.29, 1.82) is 0 Å². The highest BCUT2D eigenvalue weighted by Gasteiger charge is 2.03. The van der Waals surface area contributed by atoms with Gasteiger partial charge in [0.2, 0.25) is 11.9 Å². The molecule has 7 nitrogen and oxygen atoms in total. The summed E-state index contributed by atoms with van der Waals surface area (Å²) in [5, 5.41) is 7.17.